The summed E-state index contributed by atoms with van der Waals surface area (Å²) < 4.78 is 12.8. The number of pyridine rings is 1. The van der Waals surface area contributed by atoms with E-state index in [1.165, 1.54) is 0 Å². The maximum absolute atomic E-state index is 13.1. The molecule has 1 saturated heterocycles. The van der Waals surface area contributed by atoms with Crippen molar-refractivity contribution >= 4 is 22.5 Å². The largest absolute Gasteiger partial charge is 0.497 e. The van der Waals surface area contributed by atoms with Crippen LogP contribution in [0.1, 0.15) is 30.3 Å². The second-order valence-corrected chi connectivity index (χ2v) is 7.03. The molecule has 4 aromatic rings. The Hall–Kier alpha value is -3.35. The van der Waals surface area contributed by atoms with Gasteiger partial charge in [-0.05, 0) is 37.1 Å². The molecule has 0 aliphatic carbocycles. The lowest BCUT2D eigenvalue weighted by Gasteiger charge is -2.23. The van der Waals surface area contributed by atoms with Crippen LogP contribution in [0.4, 0.5) is 0 Å². The number of amides is 1. The van der Waals surface area contributed by atoms with Crippen LogP contribution in [0.15, 0.2) is 53.3 Å². The first-order chi connectivity index (χ1) is 13.7. The monoisotopic (exact) mass is 376 g/mol. The van der Waals surface area contributed by atoms with Crippen molar-refractivity contribution in [1.82, 2.24) is 19.5 Å². The van der Waals surface area contributed by atoms with Gasteiger partial charge >= 0.3 is 0 Å². The summed E-state index contributed by atoms with van der Waals surface area (Å²) in [5, 5.41) is 9.54. The highest BCUT2D eigenvalue weighted by molar-refractivity contribution is 5.88. The highest BCUT2D eigenvalue weighted by Gasteiger charge is 2.33. The molecule has 3 aromatic heterocycles. The number of hydrogen-bond donors (Lipinski definition) is 0. The molecule has 0 saturated carbocycles. The Morgan fingerprint density at radius 3 is 3.11 bits per heavy atom. The predicted octanol–water partition coefficient (Wildman–Crippen LogP) is 3.39. The molecule has 142 valence electrons. The summed E-state index contributed by atoms with van der Waals surface area (Å²) >= 11 is 0. The van der Waals surface area contributed by atoms with Crippen LogP contribution in [0.2, 0.25) is 0 Å². The highest BCUT2D eigenvalue weighted by Crippen LogP contribution is 2.33. The minimum Gasteiger partial charge on any atom is -0.497 e. The van der Waals surface area contributed by atoms with E-state index in [-0.39, 0.29) is 11.9 Å². The van der Waals surface area contributed by atoms with Crippen molar-refractivity contribution < 1.29 is 13.9 Å². The van der Waals surface area contributed by atoms with Crippen LogP contribution in [0.25, 0.3) is 16.6 Å². The zero-order valence-corrected chi connectivity index (χ0v) is 15.5. The van der Waals surface area contributed by atoms with Crippen molar-refractivity contribution in [3.8, 4) is 5.75 Å². The maximum Gasteiger partial charge on any atom is 0.227 e. The topological polar surface area (TPSA) is 72.9 Å². The van der Waals surface area contributed by atoms with Crippen molar-refractivity contribution in [3.05, 3.63) is 60.2 Å². The van der Waals surface area contributed by atoms with Gasteiger partial charge < -0.3 is 14.1 Å². The third-order valence-electron chi connectivity index (χ3n) is 5.42. The smallest absolute Gasteiger partial charge is 0.227 e. The standard InChI is InChI=1S/C21H20N4O3/c1-27-15-7-8-16-14(13-28-18(16)12-15)11-20(26)24-10-4-5-17(24)21-23-22-19-6-2-3-9-25(19)21/h2-3,6-9,12-13,17H,4-5,10-11H2,1H3. The molecule has 1 fully saturated rings. The molecular weight excluding hydrogens is 356 g/mol. The van der Waals surface area contributed by atoms with Gasteiger partial charge in [0.25, 0.3) is 0 Å². The van der Waals surface area contributed by atoms with Gasteiger partial charge in [0.1, 0.15) is 11.3 Å². The van der Waals surface area contributed by atoms with Crippen molar-refractivity contribution in [3.63, 3.8) is 0 Å². The molecule has 7 heteroatoms. The number of nitrogens with zero attached hydrogens (tertiary/aromatic N) is 4. The van der Waals surface area contributed by atoms with E-state index in [1.807, 2.05) is 51.9 Å². The number of ether oxygens (including phenoxy) is 1. The maximum atomic E-state index is 13.1. The fourth-order valence-corrected chi connectivity index (χ4v) is 4.01. The average molecular weight is 376 g/mol. The number of furan rings is 1. The number of carbonyl (C=O) groups is 1. The van der Waals surface area contributed by atoms with Crippen LogP contribution < -0.4 is 4.74 Å². The second kappa shape index (κ2) is 6.67. The first-order valence-electron chi connectivity index (χ1n) is 9.38. The molecule has 1 aromatic carbocycles. The number of methoxy groups -OCH3 is 1. The molecule has 0 bridgehead atoms. The Kier molecular flexibility index (Phi) is 4.00. The normalized spacial score (nSPS) is 16.9. The van der Waals surface area contributed by atoms with E-state index in [9.17, 15) is 4.79 Å². The van der Waals surface area contributed by atoms with E-state index in [0.717, 1.165) is 53.1 Å². The van der Waals surface area contributed by atoms with Gasteiger partial charge in [-0.25, -0.2) is 0 Å². The van der Waals surface area contributed by atoms with E-state index in [1.54, 1.807) is 13.4 Å². The van der Waals surface area contributed by atoms with Crippen LogP contribution in [-0.4, -0.2) is 39.1 Å². The zero-order valence-electron chi connectivity index (χ0n) is 15.5. The van der Waals surface area contributed by atoms with Gasteiger partial charge in [-0.15, -0.1) is 10.2 Å². The molecular formula is C21H20N4O3. The average Bonchev–Trinajstić information content (AvgIpc) is 3.45. The van der Waals surface area contributed by atoms with Gasteiger partial charge in [0, 0.05) is 29.8 Å². The number of rotatable bonds is 4. The third-order valence-corrected chi connectivity index (χ3v) is 5.42. The van der Waals surface area contributed by atoms with E-state index in [2.05, 4.69) is 10.2 Å². The molecule has 4 heterocycles. The zero-order chi connectivity index (χ0) is 19.1. The SMILES string of the molecule is COc1ccc2c(CC(=O)N3CCCC3c3nnc4ccccn34)coc2c1. The van der Waals surface area contributed by atoms with Crippen LogP contribution in [0, 0.1) is 0 Å². The molecule has 0 radical (unpaired) electrons. The van der Waals surface area contributed by atoms with Gasteiger partial charge in [0.05, 0.1) is 25.8 Å². The molecule has 1 aliphatic heterocycles. The number of benzene rings is 1. The lowest BCUT2D eigenvalue weighted by atomic mass is 10.1. The van der Waals surface area contributed by atoms with Crippen molar-refractivity contribution in [2.75, 3.05) is 13.7 Å². The van der Waals surface area contributed by atoms with E-state index in [0.29, 0.717) is 6.42 Å². The fourth-order valence-electron chi connectivity index (χ4n) is 4.01. The summed E-state index contributed by atoms with van der Waals surface area (Å²) in [4.78, 5) is 15.0. The van der Waals surface area contributed by atoms with E-state index in [4.69, 9.17) is 9.15 Å². The fraction of sp³-hybridized carbons (Fsp3) is 0.286. The Labute approximate surface area is 161 Å². The first-order valence-corrected chi connectivity index (χ1v) is 9.38. The van der Waals surface area contributed by atoms with Crippen LogP contribution in [-0.2, 0) is 11.2 Å². The first kappa shape index (κ1) is 16.8. The van der Waals surface area contributed by atoms with Crippen LogP contribution >= 0.6 is 0 Å². The van der Waals surface area contributed by atoms with Crippen molar-refractivity contribution in [2.24, 2.45) is 0 Å². The summed E-state index contributed by atoms with van der Waals surface area (Å²) in [6.45, 7) is 0.731. The van der Waals surface area contributed by atoms with Crippen LogP contribution in [0.5, 0.6) is 5.75 Å². The van der Waals surface area contributed by atoms with Gasteiger partial charge in [0.2, 0.25) is 5.91 Å². The van der Waals surface area contributed by atoms with Gasteiger partial charge in [-0.2, -0.15) is 0 Å². The number of likely N-dealkylation sites (tertiary alicyclic amines) is 1. The summed E-state index contributed by atoms with van der Waals surface area (Å²) in [6.07, 6.45) is 5.76. The van der Waals surface area contributed by atoms with Crippen molar-refractivity contribution in [1.29, 1.82) is 0 Å². The Morgan fingerprint density at radius 2 is 2.21 bits per heavy atom. The van der Waals surface area contributed by atoms with Gasteiger partial charge in [-0.1, -0.05) is 6.07 Å². The predicted molar refractivity (Wildman–Crippen MR) is 103 cm³/mol. The lowest BCUT2D eigenvalue weighted by Crippen LogP contribution is -2.32. The van der Waals surface area contributed by atoms with Gasteiger partial charge in [0.15, 0.2) is 11.5 Å². The summed E-state index contributed by atoms with van der Waals surface area (Å²) in [7, 11) is 1.62. The quantitative estimate of drug-likeness (QED) is 0.546. The number of fused-ring (bicyclic) bond motifs is 2. The summed E-state index contributed by atoms with van der Waals surface area (Å²) in [5.74, 6) is 1.63. The molecule has 0 spiro atoms. The Balaban J connectivity index is 1.42. The number of carbonyl (C=O) groups excluding carboxylic acids is 1. The van der Waals surface area contributed by atoms with Crippen molar-refractivity contribution in [2.45, 2.75) is 25.3 Å². The Morgan fingerprint density at radius 1 is 1.29 bits per heavy atom. The summed E-state index contributed by atoms with van der Waals surface area (Å²) in [6, 6.07) is 11.4. The molecule has 0 N–H and O–H groups in total. The minimum atomic E-state index is -0.0526. The summed E-state index contributed by atoms with van der Waals surface area (Å²) in [5.41, 5.74) is 2.41. The lowest BCUT2D eigenvalue weighted by molar-refractivity contribution is -0.131. The molecule has 1 atom stereocenters. The second-order valence-electron chi connectivity index (χ2n) is 7.03. The highest BCUT2D eigenvalue weighted by atomic mass is 16.5. The number of aromatic nitrogens is 3. The van der Waals surface area contributed by atoms with E-state index >= 15 is 0 Å². The number of hydrogen-bond acceptors (Lipinski definition) is 5. The van der Waals surface area contributed by atoms with E-state index < -0.39 is 0 Å². The molecule has 1 aliphatic rings. The Bertz CT molecular complexity index is 1160. The van der Waals surface area contributed by atoms with Crippen LogP contribution in [0.3, 0.4) is 0 Å². The third kappa shape index (κ3) is 2.70. The minimum absolute atomic E-state index is 0.0526. The molecule has 5 rings (SSSR count). The van der Waals surface area contributed by atoms with Gasteiger partial charge in [-0.3, -0.25) is 9.20 Å². The molecule has 1 unspecified atom stereocenters. The molecule has 7 nitrogen and oxygen atoms in total. The molecule has 1 amide bonds. The molecule has 28 heavy (non-hydrogen) atoms.